The molecule has 1 N–H and O–H groups in total. The van der Waals surface area contributed by atoms with Crippen LogP contribution >= 0.6 is 0 Å². The maximum absolute atomic E-state index is 6.01. The van der Waals surface area contributed by atoms with E-state index in [2.05, 4.69) is 44.3 Å². The molecule has 0 amide bonds. The number of piperidine rings is 1. The summed E-state index contributed by atoms with van der Waals surface area (Å²) >= 11 is 0. The van der Waals surface area contributed by atoms with Gasteiger partial charge in [0.05, 0.1) is 0 Å². The predicted octanol–water partition coefficient (Wildman–Crippen LogP) is 3.25. The van der Waals surface area contributed by atoms with Crippen LogP contribution in [0.5, 0.6) is 5.75 Å². The van der Waals surface area contributed by atoms with Gasteiger partial charge in [-0.2, -0.15) is 0 Å². The van der Waals surface area contributed by atoms with Gasteiger partial charge in [-0.15, -0.1) is 0 Å². The van der Waals surface area contributed by atoms with Crippen LogP contribution in [-0.2, 0) is 0 Å². The zero-order chi connectivity index (χ0) is 12.3. The van der Waals surface area contributed by atoms with Gasteiger partial charge in [0.1, 0.15) is 11.9 Å². The van der Waals surface area contributed by atoms with Crippen molar-refractivity contribution in [1.29, 1.82) is 0 Å². The van der Waals surface area contributed by atoms with Gasteiger partial charge in [0.15, 0.2) is 0 Å². The highest BCUT2D eigenvalue weighted by Gasteiger charge is 2.14. The minimum atomic E-state index is 0.341. The van der Waals surface area contributed by atoms with Crippen molar-refractivity contribution >= 4 is 0 Å². The summed E-state index contributed by atoms with van der Waals surface area (Å²) in [5.74, 6) is 1.60. The van der Waals surface area contributed by atoms with Gasteiger partial charge in [0.25, 0.3) is 0 Å². The Labute approximate surface area is 104 Å². The lowest BCUT2D eigenvalue weighted by atomic mass is 9.98. The van der Waals surface area contributed by atoms with E-state index < -0.39 is 0 Å². The second kappa shape index (κ2) is 5.54. The quantitative estimate of drug-likeness (QED) is 0.865. The van der Waals surface area contributed by atoms with Crippen molar-refractivity contribution in [2.45, 2.75) is 45.6 Å². The van der Waals surface area contributed by atoms with E-state index >= 15 is 0 Å². The molecule has 2 heteroatoms. The van der Waals surface area contributed by atoms with Crippen molar-refractivity contribution in [1.82, 2.24) is 5.32 Å². The largest absolute Gasteiger partial charge is 0.489 e. The Balaban J connectivity index is 2.04. The molecule has 94 valence electrons. The first kappa shape index (κ1) is 12.4. The standard InChI is InChI=1S/C15H23NO/c1-11(2)15-7-6-13(9-12(15)3)17-14-5-4-8-16-10-14/h6-7,9,11,14,16H,4-5,8,10H2,1-3H3/t14-/m0/s1. The molecule has 1 aromatic rings. The Morgan fingerprint density at radius 2 is 2.18 bits per heavy atom. The highest BCUT2D eigenvalue weighted by Crippen LogP contribution is 2.24. The summed E-state index contributed by atoms with van der Waals surface area (Å²) in [5, 5.41) is 3.37. The number of rotatable bonds is 3. The zero-order valence-electron chi connectivity index (χ0n) is 11.1. The maximum Gasteiger partial charge on any atom is 0.120 e. The van der Waals surface area contributed by atoms with Crippen LogP contribution < -0.4 is 10.1 Å². The van der Waals surface area contributed by atoms with Gasteiger partial charge in [-0.1, -0.05) is 19.9 Å². The Kier molecular flexibility index (Phi) is 4.06. The van der Waals surface area contributed by atoms with Crippen LogP contribution in [0.15, 0.2) is 18.2 Å². The van der Waals surface area contributed by atoms with Crippen LogP contribution in [0.25, 0.3) is 0 Å². The van der Waals surface area contributed by atoms with E-state index in [1.54, 1.807) is 0 Å². The van der Waals surface area contributed by atoms with Gasteiger partial charge in [-0.05, 0) is 55.5 Å². The van der Waals surface area contributed by atoms with Gasteiger partial charge < -0.3 is 10.1 Å². The maximum atomic E-state index is 6.01. The Bertz CT molecular complexity index is 367. The Hall–Kier alpha value is -1.02. The molecule has 1 aliphatic rings. The molecule has 0 unspecified atom stereocenters. The lowest BCUT2D eigenvalue weighted by Crippen LogP contribution is -2.37. The van der Waals surface area contributed by atoms with E-state index in [1.165, 1.54) is 17.5 Å². The molecule has 0 bridgehead atoms. The molecule has 0 radical (unpaired) electrons. The smallest absolute Gasteiger partial charge is 0.120 e. The molecule has 1 aliphatic heterocycles. The SMILES string of the molecule is Cc1cc(O[C@H]2CCCNC2)ccc1C(C)C. The number of aryl methyl sites for hydroxylation is 1. The highest BCUT2D eigenvalue weighted by molar-refractivity contribution is 5.36. The Morgan fingerprint density at radius 3 is 2.76 bits per heavy atom. The minimum absolute atomic E-state index is 0.341. The second-order valence-corrected chi connectivity index (χ2v) is 5.26. The van der Waals surface area contributed by atoms with Crippen LogP contribution in [0.1, 0.15) is 43.7 Å². The lowest BCUT2D eigenvalue weighted by molar-refractivity contribution is 0.167. The Morgan fingerprint density at radius 1 is 1.35 bits per heavy atom. The first-order chi connectivity index (χ1) is 8.16. The van der Waals surface area contributed by atoms with Crippen molar-refractivity contribution in [3.63, 3.8) is 0 Å². The third-order valence-corrected chi connectivity index (χ3v) is 3.42. The summed E-state index contributed by atoms with van der Waals surface area (Å²) < 4.78 is 6.01. The normalized spacial score (nSPS) is 20.6. The van der Waals surface area contributed by atoms with Crippen LogP contribution in [0.3, 0.4) is 0 Å². The molecule has 0 spiro atoms. The van der Waals surface area contributed by atoms with Crippen molar-refractivity contribution < 1.29 is 4.74 Å². The molecule has 1 heterocycles. The molecule has 0 saturated carbocycles. The second-order valence-electron chi connectivity index (χ2n) is 5.26. The number of hydrogen-bond donors (Lipinski definition) is 1. The van der Waals surface area contributed by atoms with Gasteiger partial charge in [-0.3, -0.25) is 0 Å². The van der Waals surface area contributed by atoms with Crippen molar-refractivity contribution in [2.75, 3.05) is 13.1 Å². The van der Waals surface area contributed by atoms with Crippen LogP contribution in [-0.4, -0.2) is 19.2 Å². The van der Waals surface area contributed by atoms with E-state index in [0.717, 1.165) is 25.3 Å². The molecule has 1 atom stereocenters. The van der Waals surface area contributed by atoms with Crippen molar-refractivity contribution in [3.05, 3.63) is 29.3 Å². The molecule has 1 saturated heterocycles. The van der Waals surface area contributed by atoms with Gasteiger partial charge >= 0.3 is 0 Å². The third-order valence-electron chi connectivity index (χ3n) is 3.42. The monoisotopic (exact) mass is 233 g/mol. The molecule has 0 aromatic heterocycles. The minimum Gasteiger partial charge on any atom is -0.489 e. The van der Waals surface area contributed by atoms with Crippen LogP contribution in [0.4, 0.5) is 0 Å². The number of nitrogens with one attached hydrogen (secondary N) is 1. The molecule has 17 heavy (non-hydrogen) atoms. The molecular formula is C15H23NO. The molecule has 0 aliphatic carbocycles. The first-order valence-corrected chi connectivity index (χ1v) is 6.64. The van der Waals surface area contributed by atoms with E-state index in [0.29, 0.717) is 12.0 Å². The predicted molar refractivity (Wildman–Crippen MR) is 71.8 cm³/mol. The highest BCUT2D eigenvalue weighted by atomic mass is 16.5. The fraction of sp³-hybridized carbons (Fsp3) is 0.600. The van der Waals surface area contributed by atoms with E-state index in [-0.39, 0.29) is 0 Å². The van der Waals surface area contributed by atoms with E-state index in [9.17, 15) is 0 Å². The van der Waals surface area contributed by atoms with Crippen LogP contribution in [0.2, 0.25) is 0 Å². The number of benzene rings is 1. The topological polar surface area (TPSA) is 21.3 Å². The average Bonchev–Trinajstić information content (AvgIpc) is 2.30. The summed E-state index contributed by atoms with van der Waals surface area (Å²) in [6.07, 6.45) is 2.72. The third kappa shape index (κ3) is 3.22. The van der Waals surface area contributed by atoms with Gasteiger partial charge in [0.2, 0.25) is 0 Å². The number of hydrogen-bond acceptors (Lipinski definition) is 2. The summed E-state index contributed by atoms with van der Waals surface area (Å²) in [6, 6.07) is 6.48. The van der Waals surface area contributed by atoms with E-state index in [1.807, 2.05) is 0 Å². The summed E-state index contributed by atoms with van der Waals surface area (Å²) in [4.78, 5) is 0. The summed E-state index contributed by atoms with van der Waals surface area (Å²) in [5.41, 5.74) is 2.75. The fourth-order valence-electron chi connectivity index (χ4n) is 2.48. The lowest BCUT2D eigenvalue weighted by Gasteiger charge is -2.24. The van der Waals surface area contributed by atoms with Crippen molar-refractivity contribution in [3.8, 4) is 5.75 Å². The van der Waals surface area contributed by atoms with E-state index in [4.69, 9.17) is 4.74 Å². The zero-order valence-corrected chi connectivity index (χ0v) is 11.1. The molecule has 2 rings (SSSR count). The van der Waals surface area contributed by atoms with Gasteiger partial charge in [-0.25, -0.2) is 0 Å². The fourth-order valence-corrected chi connectivity index (χ4v) is 2.48. The molecule has 1 aromatic carbocycles. The van der Waals surface area contributed by atoms with Crippen molar-refractivity contribution in [2.24, 2.45) is 0 Å². The molecule has 1 fully saturated rings. The first-order valence-electron chi connectivity index (χ1n) is 6.64. The summed E-state index contributed by atoms with van der Waals surface area (Å²) in [6.45, 7) is 8.74. The molecule has 2 nitrogen and oxygen atoms in total. The van der Waals surface area contributed by atoms with Gasteiger partial charge in [0, 0.05) is 6.54 Å². The number of ether oxygens (including phenoxy) is 1. The van der Waals surface area contributed by atoms with Crippen LogP contribution in [0, 0.1) is 6.92 Å². The molecular weight excluding hydrogens is 210 g/mol. The average molecular weight is 233 g/mol. The summed E-state index contributed by atoms with van der Waals surface area (Å²) in [7, 11) is 0.